The second-order valence-electron chi connectivity index (χ2n) is 6.95. The molecule has 0 N–H and O–H groups in total. The molecule has 2 heterocycles. The number of hydrogen-bond acceptors (Lipinski definition) is 4. The standard InChI is InChI=1S/C22H24N2O2S/c1-2-16-9-11-17(12-10-16)14-21(25)24(15-18-6-5-13-26-18)22-23-19-7-3-4-8-20(19)27-22/h3-4,7-12,18H,2,5-6,13-15H2,1H3. The van der Waals surface area contributed by atoms with Crippen LogP contribution in [0.5, 0.6) is 0 Å². The molecule has 0 spiro atoms. The topological polar surface area (TPSA) is 42.4 Å². The molecule has 4 nitrogen and oxygen atoms in total. The predicted octanol–water partition coefficient (Wildman–Crippen LogP) is 4.61. The Hall–Kier alpha value is -2.24. The number of aromatic nitrogens is 1. The largest absolute Gasteiger partial charge is 0.376 e. The highest BCUT2D eigenvalue weighted by Crippen LogP contribution is 2.30. The highest BCUT2D eigenvalue weighted by Gasteiger charge is 2.26. The lowest BCUT2D eigenvalue weighted by Gasteiger charge is -2.23. The van der Waals surface area contributed by atoms with Crippen molar-refractivity contribution in [3.05, 3.63) is 59.7 Å². The molecule has 0 bridgehead atoms. The third kappa shape index (κ3) is 4.20. The van der Waals surface area contributed by atoms with Gasteiger partial charge >= 0.3 is 0 Å². The molecule has 1 aliphatic heterocycles. The van der Waals surface area contributed by atoms with E-state index in [4.69, 9.17) is 9.72 Å². The van der Waals surface area contributed by atoms with Gasteiger partial charge < -0.3 is 4.74 Å². The van der Waals surface area contributed by atoms with Gasteiger partial charge in [-0.1, -0.05) is 54.7 Å². The van der Waals surface area contributed by atoms with Gasteiger partial charge in [0.2, 0.25) is 5.91 Å². The van der Waals surface area contributed by atoms with Gasteiger partial charge in [0, 0.05) is 6.61 Å². The summed E-state index contributed by atoms with van der Waals surface area (Å²) in [5, 5.41) is 0.766. The maximum absolute atomic E-state index is 13.2. The van der Waals surface area contributed by atoms with Gasteiger partial charge in [-0.25, -0.2) is 4.98 Å². The summed E-state index contributed by atoms with van der Waals surface area (Å²) in [5.41, 5.74) is 3.26. The van der Waals surface area contributed by atoms with Crippen molar-refractivity contribution >= 4 is 32.6 Å². The Morgan fingerprint density at radius 2 is 1.96 bits per heavy atom. The van der Waals surface area contributed by atoms with Crippen molar-refractivity contribution in [2.24, 2.45) is 0 Å². The molecule has 0 saturated carbocycles. The minimum atomic E-state index is 0.0776. The van der Waals surface area contributed by atoms with E-state index in [1.54, 1.807) is 11.3 Å². The van der Waals surface area contributed by atoms with Gasteiger partial charge in [-0.15, -0.1) is 0 Å². The van der Waals surface area contributed by atoms with Gasteiger partial charge in [-0.3, -0.25) is 9.69 Å². The van der Waals surface area contributed by atoms with Crippen LogP contribution in [0.2, 0.25) is 0 Å². The third-order valence-electron chi connectivity index (χ3n) is 5.01. The zero-order valence-corrected chi connectivity index (χ0v) is 16.4. The summed E-state index contributed by atoms with van der Waals surface area (Å²) < 4.78 is 6.89. The molecule has 1 fully saturated rings. The Morgan fingerprint density at radius 3 is 2.67 bits per heavy atom. The molecule has 27 heavy (non-hydrogen) atoms. The lowest BCUT2D eigenvalue weighted by molar-refractivity contribution is -0.118. The number of carbonyl (C=O) groups is 1. The number of benzene rings is 2. The summed E-state index contributed by atoms with van der Waals surface area (Å²) in [7, 11) is 0. The van der Waals surface area contributed by atoms with Crippen LogP contribution in [-0.2, 0) is 22.4 Å². The summed E-state index contributed by atoms with van der Waals surface area (Å²) in [5.74, 6) is 0.0776. The van der Waals surface area contributed by atoms with Crippen molar-refractivity contribution in [2.45, 2.75) is 38.7 Å². The van der Waals surface area contributed by atoms with Crippen molar-refractivity contribution in [3.63, 3.8) is 0 Å². The average Bonchev–Trinajstić information content (AvgIpc) is 3.35. The normalized spacial score (nSPS) is 16.7. The number of ether oxygens (including phenoxy) is 1. The van der Waals surface area contributed by atoms with Crippen LogP contribution in [-0.4, -0.2) is 30.1 Å². The fraction of sp³-hybridized carbons (Fsp3) is 0.364. The smallest absolute Gasteiger partial charge is 0.233 e. The van der Waals surface area contributed by atoms with Crippen LogP contribution in [0.15, 0.2) is 48.5 Å². The van der Waals surface area contributed by atoms with E-state index in [2.05, 4.69) is 37.3 Å². The number of nitrogens with zero attached hydrogens (tertiary/aromatic N) is 2. The number of rotatable bonds is 6. The predicted molar refractivity (Wildman–Crippen MR) is 110 cm³/mol. The molecular weight excluding hydrogens is 356 g/mol. The van der Waals surface area contributed by atoms with Crippen molar-refractivity contribution in [1.29, 1.82) is 0 Å². The first kappa shape index (κ1) is 18.1. The van der Waals surface area contributed by atoms with Gasteiger partial charge in [0.1, 0.15) is 0 Å². The number of anilines is 1. The van der Waals surface area contributed by atoms with E-state index in [9.17, 15) is 4.79 Å². The molecule has 5 heteroatoms. The van der Waals surface area contributed by atoms with E-state index in [0.717, 1.165) is 46.8 Å². The fourth-order valence-corrected chi connectivity index (χ4v) is 4.41. The van der Waals surface area contributed by atoms with Crippen molar-refractivity contribution < 1.29 is 9.53 Å². The molecule has 1 saturated heterocycles. The van der Waals surface area contributed by atoms with Crippen molar-refractivity contribution in [1.82, 2.24) is 4.98 Å². The summed E-state index contributed by atoms with van der Waals surface area (Å²) in [4.78, 5) is 19.7. The second-order valence-corrected chi connectivity index (χ2v) is 7.96. The molecule has 1 aromatic heterocycles. The summed E-state index contributed by atoms with van der Waals surface area (Å²) in [6.07, 6.45) is 3.55. The fourth-order valence-electron chi connectivity index (χ4n) is 3.42. The number of hydrogen-bond donors (Lipinski definition) is 0. The van der Waals surface area contributed by atoms with Crippen molar-refractivity contribution in [3.8, 4) is 0 Å². The van der Waals surface area contributed by atoms with Gasteiger partial charge in [0.05, 0.1) is 29.3 Å². The molecular formula is C22H24N2O2S. The zero-order chi connectivity index (χ0) is 18.6. The molecule has 0 aliphatic carbocycles. The maximum atomic E-state index is 13.2. The van der Waals surface area contributed by atoms with E-state index in [0.29, 0.717) is 13.0 Å². The van der Waals surface area contributed by atoms with Crippen LogP contribution in [0.25, 0.3) is 10.2 Å². The number of amides is 1. The molecule has 0 radical (unpaired) electrons. The first-order valence-electron chi connectivity index (χ1n) is 9.58. The number of thiazole rings is 1. The molecule has 4 rings (SSSR count). The minimum absolute atomic E-state index is 0.0776. The van der Waals surface area contributed by atoms with Gasteiger partial charge in [0.25, 0.3) is 0 Å². The van der Waals surface area contributed by atoms with E-state index in [1.165, 1.54) is 5.56 Å². The summed E-state index contributed by atoms with van der Waals surface area (Å²) in [6.45, 7) is 3.49. The Balaban J connectivity index is 1.58. The minimum Gasteiger partial charge on any atom is -0.376 e. The van der Waals surface area contributed by atoms with Crippen LogP contribution in [0, 0.1) is 0 Å². The quantitative estimate of drug-likeness (QED) is 0.627. The zero-order valence-electron chi connectivity index (χ0n) is 15.6. The van der Waals surface area contributed by atoms with Gasteiger partial charge in [0.15, 0.2) is 5.13 Å². The SMILES string of the molecule is CCc1ccc(CC(=O)N(CC2CCCO2)c2nc3ccccc3s2)cc1. The number of para-hydroxylation sites is 1. The monoisotopic (exact) mass is 380 g/mol. The lowest BCUT2D eigenvalue weighted by Crippen LogP contribution is -2.38. The number of carbonyl (C=O) groups excluding carboxylic acids is 1. The summed E-state index contributed by atoms with van der Waals surface area (Å²) in [6, 6.07) is 16.3. The van der Waals surface area contributed by atoms with E-state index >= 15 is 0 Å². The van der Waals surface area contributed by atoms with Crippen LogP contribution in [0.3, 0.4) is 0 Å². The molecule has 1 unspecified atom stereocenters. The highest BCUT2D eigenvalue weighted by molar-refractivity contribution is 7.22. The first-order chi connectivity index (χ1) is 13.2. The van der Waals surface area contributed by atoms with E-state index in [-0.39, 0.29) is 12.0 Å². The van der Waals surface area contributed by atoms with Crippen LogP contribution in [0.4, 0.5) is 5.13 Å². The molecule has 2 aromatic carbocycles. The van der Waals surface area contributed by atoms with Crippen LogP contribution >= 0.6 is 11.3 Å². The summed E-state index contributed by atoms with van der Waals surface area (Å²) >= 11 is 1.57. The van der Waals surface area contributed by atoms with Gasteiger partial charge in [-0.05, 0) is 42.5 Å². The average molecular weight is 381 g/mol. The van der Waals surface area contributed by atoms with Crippen LogP contribution < -0.4 is 4.90 Å². The van der Waals surface area contributed by atoms with Gasteiger partial charge in [-0.2, -0.15) is 0 Å². The Morgan fingerprint density at radius 1 is 1.19 bits per heavy atom. The molecule has 140 valence electrons. The first-order valence-corrected chi connectivity index (χ1v) is 10.4. The van der Waals surface area contributed by atoms with E-state index < -0.39 is 0 Å². The molecule has 1 atom stereocenters. The Kier molecular flexibility index (Phi) is 5.50. The van der Waals surface area contributed by atoms with Crippen molar-refractivity contribution in [2.75, 3.05) is 18.1 Å². The van der Waals surface area contributed by atoms with E-state index in [1.807, 2.05) is 23.1 Å². The van der Waals surface area contributed by atoms with Crippen LogP contribution in [0.1, 0.15) is 30.9 Å². The lowest BCUT2D eigenvalue weighted by atomic mass is 10.1. The highest BCUT2D eigenvalue weighted by atomic mass is 32.1. The third-order valence-corrected chi connectivity index (χ3v) is 6.07. The molecule has 1 aliphatic rings. The second kappa shape index (κ2) is 8.19. The Bertz CT molecular complexity index is 880. The molecule has 1 amide bonds. The molecule has 3 aromatic rings. The maximum Gasteiger partial charge on any atom is 0.233 e. The number of fused-ring (bicyclic) bond motifs is 1. The number of aryl methyl sites for hydroxylation is 1. The Labute approximate surface area is 163 Å².